The van der Waals surface area contributed by atoms with Gasteiger partial charge in [-0.15, -0.1) is 0 Å². The lowest BCUT2D eigenvalue weighted by Crippen LogP contribution is -2.36. The van der Waals surface area contributed by atoms with E-state index in [1.54, 1.807) is 0 Å². The van der Waals surface area contributed by atoms with Crippen LogP contribution in [0.5, 0.6) is 0 Å². The van der Waals surface area contributed by atoms with E-state index in [0.717, 1.165) is 24.8 Å². The van der Waals surface area contributed by atoms with E-state index in [1.807, 2.05) is 0 Å². The van der Waals surface area contributed by atoms with E-state index in [0.29, 0.717) is 17.8 Å². The minimum absolute atomic E-state index is 0.0336. The molecule has 2 heteroatoms. The van der Waals surface area contributed by atoms with E-state index in [1.165, 1.54) is 6.42 Å². The molecular formula is C15H26O2. The Kier molecular flexibility index (Phi) is 3.65. The van der Waals surface area contributed by atoms with Gasteiger partial charge in [-0.05, 0) is 49.0 Å². The molecule has 1 fully saturated rings. The first kappa shape index (κ1) is 13.1. The van der Waals surface area contributed by atoms with Crippen LogP contribution in [0.2, 0.25) is 0 Å². The molecule has 17 heavy (non-hydrogen) atoms. The number of allylic oxidation sites excluding steroid dienone is 1. The van der Waals surface area contributed by atoms with Gasteiger partial charge in [0.25, 0.3) is 0 Å². The topological polar surface area (TPSA) is 40.5 Å². The van der Waals surface area contributed by atoms with Gasteiger partial charge in [-0.1, -0.05) is 26.8 Å². The van der Waals surface area contributed by atoms with Crippen LogP contribution in [0.1, 0.15) is 46.5 Å². The summed E-state index contributed by atoms with van der Waals surface area (Å²) in [6, 6.07) is 0. The van der Waals surface area contributed by atoms with Crippen LogP contribution in [-0.4, -0.2) is 22.9 Å². The van der Waals surface area contributed by atoms with Crippen LogP contribution in [0.15, 0.2) is 11.6 Å². The van der Waals surface area contributed by atoms with Gasteiger partial charge in [-0.25, -0.2) is 0 Å². The van der Waals surface area contributed by atoms with E-state index in [4.69, 9.17) is 0 Å². The first-order valence-electron chi connectivity index (χ1n) is 6.97. The Morgan fingerprint density at radius 3 is 2.71 bits per heavy atom. The van der Waals surface area contributed by atoms with Crippen molar-refractivity contribution < 1.29 is 10.2 Å². The van der Waals surface area contributed by atoms with Gasteiger partial charge in [0.15, 0.2) is 0 Å². The summed E-state index contributed by atoms with van der Waals surface area (Å²) in [6.45, 7) is 6.95. The van der Waals surface area contributed by atoms with Crippen molar-refractivity contribution in [3.05, 3.63) is 11.6 Å². The fourth-order valence-corrected chi connectivity index (χ4v) is 3.88. The zero-order chi connectivity index (χ0) is 12.6. The number of rotatable bonds is 2. The molecule has 2 rings (SSSR count). The molecule has 0 amide bonds. The van der Waals surface area contributed by atoms with Crippen LogP contribution in [0, 0.1) is 23.2 Å². The van der Waals surface area contributed by atoms with Gasteiger partial charge in [-0.2, -0.15) is 0 Å². The van der Waals surface area contributed by atoms with Gasteiger partial charge in [-0.3, -0.25) is 0 Å². The molecule has 0 saturated heterocycles. The molecule has 4 atom stereocenters. The summed E-state index contributed by atoms with van der Waals surface area (Å²) in [5, 5.41) is 19.8. The minimum Gasteiger partial charge on any atom is -0.393 e. The average Bonchev–Trinajstić information content (AvgIpc) is 2.57. The van der Waals surface area contributed by atoms with Crippen LogP contribution in [0.4, 0.5) is 0 Å². The van der Waals surface area contributed by atoms with Crippen LogP contribution in [-0.2, 0) is 0 Å². The second-order valence-electron chi connectivity index (χ2n) is 6.52. The Bertz CT molecular complexity index is 308. The number of hydrogen-bond donors (Lipinski definition) is 2. The number of aliphatic hydroxyl groups excluding tert-OH is 2. The van der Waals surface area contributed by atoms with E-state index in [9.17, 15) is 10.2 Å². The smallest absolute Gasteiger partial charge is 0.0641 e. The van der Waals surface area contributed by atoms with Crippen molar-refractivity contribution in [2.24, 2.45) is 23.2 Å². The normalized spacial score (nSPS) is 42.2. The standard InChI is InChI=1S/C15H26O2/c1-10(2)12-6-7-15(3)13(12)8-11(9-16)4-5-14(15)17/h8,10,12-14,16-17H,4-7,9H2,1-3H3/t12-,13-,14+,15+/m1/s1. The summed E-state index contributed by atoms with van der Waals surface area (Å²) >= 11 is 0. The van der Waals surface area contributed by atoms with Crippen molar-refractivity contribution in [2.45, 2.75) is 52.6 Å². The minimum atomic E-state index is -0.212. The van der Waals surface area contributed by atoms with Gasteiger partial charge in [0.2, 0.25) is 0 Å². The third kappa shape index (κ3) is 2.17. The predicted molar refractivity (Wildman–Crippen MR) is 69.6 cm³/mol. The van der Waals surface area contributed by atoms with E-state index in [-0.39, 0.29) is 18.1 Å². The Hall–Kier alpha value is -0.340. The summed E-state index contributed by atoms with van der Waals surface area (Å²) in [4.78, 5) is 0. The maximum absolute atomic E-state index is 10.4. The predicted octanol–water partition coefficient (Wildman–Crippen LogP) is 2.75. The van der Waals surface area contributed by atoms with Gasteiger partial charge < -0.3 is 10.2 Å². The van der Waals surface area contributed by atoms with Crippen molar-refractivity contribution in [2.75, 3.05) is 6.61 Å². The number of fused-ring (bicyclic) bond motifs is 1. The summed E-state index contributed by atoms with van der Waals surface area (Å²) in [7, 11) is 0. The van der Waals surface area contributed by atoms with Gasteiger partial charge in [0, 0.05) is 5.41 Å². The molecule has 0 bridgehead atoms. The summed E-state index contributed by atoms with van der Waals surface area (Å²) in [6.07, 6.45) is 6.07. The first-order valence-corrected chi connectivity index (χ1v) is 6.97. The average molecular weight is 238 g/mol. The van der Waals surface area contributed by atoms with E-state index >= 15 is 0 Å². The molecule has 2 aliphatic rings. The van der Waals surface area contributed by atoms with Gasteiger partial charge >= 0.3 is 0 Å². The molecule has 0 aromatic heterocycles. The summed E-state index contributed by atoms with van der Waals surface area (Å²) < 4.78 is 0. The first-order chi connectivity index (χ1) is 7.99. The lowest BCUT2D eigenvalue weighted by molar-refractivity contribution is 0.0109. The van der Waals surface area contributed by atoms with E-state index in [2.05, 4.69) is 26.8 Å². The van der Waals surface area contributed by atoms with Crippen LogP contribution >= 0.6 is 0 Å². The highest BCUT2D eigenvalue weighted by Gasteiger charge is 2.49. The fourth-order valence-electron chi connectivity index (χ4n) is 3.88. The second kappa shape index (κ2) is 4.74. The molecule has 0 aromatic rings. The molecule has 0 aliphatic heterocycles. The maximum atomic E-state index is 10.4. The maximum Gasteiger partial charge on any atom is 0.0641 e. The Balaban J connectivity index is 2.33. The molecule has 2 aliphatic carbocycles. The molecule has 1 saturated carbocycles. The SMILES string of the molecule is CC(C)[C@H]1CC[C@@]2(C)[C@@H]1C=C(CO)CC[C@@H]2O. The quantitative estimate of drug-likeness (QED) is 0.726. The van der Waals surface area contributed by atoms with E-state index < -0.39 is 0 Å². The molecule has 0 heterocycles. The van der Waals surface area contributed by atoms with Crippen molar-refractivity contribution in [3.63, 3.8) is 0 Å². The molecule has 0 unspecified atom stereocenters. The van der Waals surface area contributed by atoms with Crippen LogP contribution < -0.4 is 0 Å². The highest BCUT2D eigenvalue weighted by molar-refractivity contribution is 5.16. The lowest BCUT2D eigenvalue weighted by Gasteiger charge is -2.36. The zero-order valence-electron chi connectivity index (χ0n) is 11.3. The molecule has 0 spiro atoms. The highest BCUT2D eigenvalue weighted by atomic mass is 16.3. The molecule has 2 N–H and O–H groups in total. The van der Waals surface area contributed by atoms with Crippen molar-refractivity contribution in [3.8, 4) is 0 Å². The Morgan fingerprint density at radius 2 is 2.12 bits per heavy atom. The monoisotopic (exact) mass is 238 g/mol. The van der Waals surface area contributed by atoms with Gasteiger partial charge in [0.05, 0.1) is 12.7 Å². The number of aliphatic hydroxyl groups is 2. The molecule has 2 nitrogen and oxygen atoms in total. The molecule has 0 radical (unpaired) electrons. The lowest BCUT2D eigenvalue weighted by atomic mass is 9.71. The fraction of sp³-hybridized carbons (Fsp3) is 0.867. The molecule has 98 valence electrons. The largest absolute Gasteiger partial charge is 0.393 e. The third-order valence-corrected chi connectivity index (χ3v) is 5.21. The van der Waals surface area contributed by atoms with Crippen LogP contribution in [0.3, 0.4) is 0 Å². The molecular weight excluding hydrogens is 212 g/mol. The van der Waals surface area contributed by atoms with Crippen molar-refractivity contribution in [1.82, 2.24) is 0 Å². The number of hydrogen-bond acceptors (Lipinski definition) is 2. The Labute approximate surface area is 105 Å². The summed E-state index contributed by atoms with van der Waals surface area (Å²) in [5.74, 6) is 1.76. The highest BCUT2D eigenvalue weighted by Crippen LogP contribution is 2.54. The zero-order valence-corrected chi connectivity index (χ0v) is 11.3. The Morgan fingerprint density at radius 1 is 1.41 bits per heavy atom. The summed E-state index contributed by atoms with van der Waals surface area (Å²) in [5.41, 5.74) is 1.16. The third-order valence-electron chi connectivity index (χ3n) is 5.21. The van der Waals surface area contributed by atoms with Crippen molar-refractivity contribution in [1.29, 1.82) is 0 Å². The van der Waals surface area contributed by atoms with Crippen LogP contribution in [0.25, 0.3) is 0 Å². The molecule has 0 aromatic carbocycles. The second-order valence-corrected chi connectivity index (χ2v) is 6.52. The van der Waals surface area contributed by atoms with Gasteiger partial charge in [0.1, 0.15) is 0 Å². The van der Waals surface area contributed by atoms with Crippen molar-refractivity contribution >= 4 is 0 Å².